The van der Waals surface area contributed by atoms with E-state index in [9.17, 15) is 19.5 Å². The van der Waals surface area contributed by atoms with Gasteiger partial charge < -0.3 is 28.6 Å². The summed E-state index contributed by atoms with van der Waals surface area (Å²) in [4.78, 5) is 37.0. The second-order valence-corrected chi connectivity index (χ2v) is 17.7. The average molecular weight is 868 g/mol. The normalized spacial score (nSPS) is 13.5. The lowest BCUT2D eigenvalue weighted by Crippen LogP contribution is -2.55. The predicted octanol–water partition coefficient (Wildman–Crippen LogP) is 13.0. The van der Waals surface area contributed by atoms with Crippen LogP contribution in [0.25, 0.3) is 0 Å². The van der Waals surface area contributed by atoms with Crippen molar-refractivity contribution in [3.63, 3.8) is 0 Å². The van der Waals surface area contributed by atoms with Gasteiger partial charge in [-0.1, -0.05) is 170 Å². The van der Waals surface area contributed by atoms with Crippen molar-refractivity contribution in [1.29, 1.82) is 0 Å². The van der Waals surface area contributed by atoms with E-state index in [0.29, 0.717) is 12.8 Å². The third kappa shape index (κ3) is 42.1. The van der Waals surface area contributed by atoms with Gasteiger partial charge in [0, 0.05) is 19.3 Å². The number of carbonyl (C=O) groups is 3. The zero-order valence-corrected chi connectivity index (χ0v) is 40.5. The highest BCUT2D eigenvalue weighted by atomic mass is 16.6. The predicted molar refractivity (Wildman–Crippen MR) is 259 cm³/mol. The summed E-state index contributed by atoms with van der Waals surface area (Å²) >= 11 is 0. The fourth-order valence-electron chi connectivity index (χ4n) is 6.97. The van der Waals surface area contributed by atoms with Crippen LogP contribution in [0.2, 0.25) is 0 Å². The molecule has 8 heteroatoms. The number of esters is 2. The first kappa shape index (κ1) is 58.8. The number of quaternary nitrogens is 1. The Morgan fingerprint density at radius 1 is 0.500 bits per heavy atom. The summed E-state index contributed by atoms with van der Waals surface area (Å²) in [6.45, 7) is 4.52. The van der Waals surface area contributed by atoms with Crippen LogP contribution in [0.5, 0.6) is 0 Å². The first-order valence-corrected chi connectivity index (χ1v) is 25.0. The van der Waals surface area contributed by atoms with Gasteiger partial charge in [0.1, 0.15) is 12.6 Å². The molecule has 0 N–H and O–H groups in total. The number of hydrogen-bond donors (Lipinski definition) is 0. The van der Waals surface area contributed by atoms with E-state index in [1.807, 2.05) is 0 Å². The molecule has 2 atom stereocenters. The highest BCUT2D eigenvalue weighted by Crippen LogP contribution is 2.14. The van der Waals surface area contributed by atoms with Crippen molar-refractivity contribution in [2.45, 2.75) is 212 Å². The Labute approximate surface area is 381 Å². The number of likely N-dealkylation sites (N-methyl/N-ethyl adjacent to an activating group) is 1. The molecule has 0 heterocycles. The Kier molecular flexibility index (Phi) is 42.1. The molecule has 0 aliphatic carbocycles. The van der Waals surface area contributed by atoms with Crippen molar-refractivity contribution in [1.82, 2.24) is 0 Å². The van der Waals surface area contributed by atoms with Gasteiger partial charge in [0.05, 0.1) is 40.3 Å². The Morgan fingerprint density at radius 2 is 0.903 bits per heavy atom. The van der Waals surface area contributed by atoms with Crippen molar-refractivity contribution >= 4 is 17.9 Å². The van der Waals surface area contributed by atoms with Crippen LogP contribution in [0.15, 0.2) is 72.9 Å². The highest BCUT2D eigenvalue weighted by molar-refractivity contribution is 5.70. The second kappa shape index (κ2) is 44.4. The molecule has 0 aliphatic heterocycles. The maximum absolute atomic E-state index is 12.8. The molecule has 0 bridgehead atoms. The molecule has 0 aromatic heterocycles. The molecule has 0 amide bonds. The standard InChI is InChI=1S/C54H93NO7/c1-6-8-10-12-14-16-18-20-22-24-25-26-27-28-29-31-32-34-36-38-40-42-44-52(56)61-49-50(48-60-47-46-51(54(58)59)55(3,4)5)62-53(57)45-43-41-39-37-35-33-30-23-21-19-17-15-13-11-9-7-2/h8,10,14,16,20,22-23,25-26,28-30,50-51H,6-7,9,11-13,15,17-19,21,24,27,31-49H2,1-5H3/b10-8+,16-14+,22-20+,26-25+,29-28+,30-23+. The molecule has 0 rings (SSSR count). The third-order valence-corrected chi connectivity index (χ3v) is 10.8. The quantitative estimate of drug-likeness (QED) is 0.0260. The van der Waals surface area contributed by atoms with Crippen LogP contribution in [-0.4, -0.2) is 75.5 Å². The number of allylic oxidation sites excluding steroid dienone is 12. The molecule has 62 heavy (non-hydrogen) atoms. The van der Waals surface area contributed by atoms with Gasteiger partial charge in [0.2, 0.25) is 0 Å². The van der Waals surface area contributed by atoms with Crippen LogP contribution in [-0.2, 0) is 28.6 Å². The summed E-state index contributed by atoms with van der Waals surface area (Å²) < 4.78 is 17.2. The molecule has 0 aliphatic rings. The summed E-state index contributed by atoms with van der Waals surface area (Å²) in [7, 11) is 5.40. The van der Waals surface area contributed by atoms with Crippen LogP contribution in [0.1, 0.15) is 200 Å². The number of rotatable bonds is 44. The van der Waals surface area contributed by atoms with Gasteiger partial charge in [0.15, 0.2) is 6.10 Å². The van der Waals surface area contributed by atoms with Gasteiger partial charge in [-0.15, -0.1) is 0 Å². The molecule has 0 radical (unpaired) electrons. The number of aliphatic carboxylic acids is 1. The molecular formula is C54H93NO7. The highest BCUT2D eigenvalue weighted by Gasteiger charge is 2.25. The minimum absolute atomic E-state index is 0.0298. The maximum Gasteiger partial charge on any atom is 0.306 e. The van der Waals surface area contributed by atoms with Crippen molar-refractivity contribution in [3.05, 3.63) is 72.9 Å². The number of unbranched alkanes of at least 4 members (excludes halogenated alkanes) is 18. The van der Waals surface area contributed by atoms with Crippen LogP contribution in [0, 0.1) is 0 Å². The lowest BCUT2D eigenvalue weighted by atomic mass is 10.1. The molecule has 356 valence electrons. The van der Waals surface area contributed by atoms with E-state index >= 15 is 0 Å². The van der Waals surface area contributed by atoms with Crippen LogP contribution >= 0.6 is 0 Å². The van der Waals surface area contributed by atoms with E-state index in [4.69, 9.17) is 14.2 Å². The van der Waals surface area contributed by atoms with E-state index < -0.39 is 18.1 Å². The van der Waals surface area contributed by atoms with Gasteiger partial charge in [-0.2, -0.15) is 0 Å². The Hall–Kier alpha value is -3.23. The Balaban J connectivity index is 4.31. The molecule has 0 fully saturated rings. The molecular weight excluding hydrogens is 775 g/mol. The number of carboxylic acid groups (broad SMARTS) is 1. The average Bonchev–Trinajstić information content (AvgIpc) is 3.23. The van der Waals surface area contributed by atoms with Gasteiger partial charge in [-0.05, 0) is 83.5 Å². The molecule has 0 saturated carbocycles. The first-order valence-electron chi connectivity index (χ1n) is 25.0. The minimum atomic E-state index is -1.13. The fraction of sp³-hybridized carbons (Fsp3) is 0.722. The Morgan fingerprint density at radius 3 is 1.35 bits per heavy atom. The summed E-state index contributed by atoms with van der Waals surface area (Å²) in [6.07, 6.45) is 56.4. The zero-order chi connectivity index (χ0) is 45.6. The largest absolute Gasteiger partial charge is 0.544 e. The first-order chi connectivity index (χ1) is 30.1. The number of carboxylic acids is 1. The topological polar surface area (TPSA) is 102 Å². The lowest BCUT2D eigenvalue weighted by molar-refractivity contribution is -0.889. The summed E-state index contributed by atoms with van der Waals surface area (Å²) in [5, 5.41) is 11.7. The summed E-state index contributed by atoms with van der Waals surface area (Å²) in [6, 6.07) is -0.733. The number of nitrogens with zero attached hydrogens (tertiary/aromatic N) is 1. The van der Waals surface area contributed by atoms with E-state index in [0.717, 1.165) is 96.3 Å². The SMILES string of the molecule is CC/C=C/C/C=C/C/C=C/C/C=C/C/C=C/CCCCCCCCC(=O)OCC(COCCC(C(=O)[O-])[N+](C)(C)C)OC(=O)CCCCCCC/C=C/CCCCCCCCC. The number of hydrogen-bond acceptors (Lipinski definition) is 7. The molecule has 0 aromatic rings. The van der Waals surface area contributed by atoms with Gasteiger partial charge in [-0.25, -0.2) is 0 Å². The molecule has 0 spiro atoms. The molecule has 0 aromatic carbocycles. The van der Waals surface area contributed by atoms with Crippen LogP contribution in [0.3, 0.4) is 0 Å². The second-order valence-electron chi connectivity index (χ2n) is 17.7. The van der Waals surface area contributed by atoms with Gasteiger partial charge in [0.25, 0.3) is 0 Å². The van der Waals surface area contributed by atoms with E-state index in [1.54, 1.807) is 21.1 Å². The zero-order valence-electron chi connectivity index (χ0n) is 40.5. The third-order valence-electron chi connectivity index (χ3n) is 10.8. The minimum Gasteiger partial charge on any atom is -0.544 e. The molecule has 2 unspecified atom stereocenters. The van der Waals surface area contributed by atoms with E-state index in [-0.39, 0.29) is 42.7 Å². The summed E-state index contributed by atoms with van der Waals surface area (Å²) in [5.41, 5.74) is 0. The fourth-order valence-corrected chi connectivity index (χ4v) is 6.97. The monoisotopic (exact) mass is 868 g/mol. The van der Waals surface area contributed by atoms with Crippen molar-refractivity contribution < 1.29 is 38.2 Å². The lowest BCUT2D eigenvalue weighted by Gasteiger charge is -2.34. The number of ether oxygens (including phenoxy) is 3. The van der Waals surface area contributed by atoms with E-state index in [2.05, 4.69) is 86.8 Å². The van der Waals surface area contributed by atoms with Crippen molar-refractivity contribution in [2.75, 3.05) is 41.0 Å². The summed E-state index contributed by atoms with van der Waals surface area (Å²) in [5.74, 6) is -1.77. The number of carbonyl (C=O) groups excluding carboxylic acids is 3. The van der Waals surface area contributed by atoms with Crippen molar-refractivity contribution in [3.8, 4) is 0 Å². The van der Waals surface area contributed by atoms with E-state index in [1.165, 1.54) is 70.6 Å². The van der Waals surface area contributed by atoms with Crippen LogP contribution < -0.4 is 5.11 Å². The smallest absolute Gasteiger partial charge is 0.306 e. The van der Waals surface area contributed by atoms with Crippen molar-refractivity contribution in [2.24, 2.45) is 0 Å². The molecule has 8 nitrogen and oxygen atoms in total. The molecule has 0 saturated heterocycles. The maximum atomic E-state index is 12.8. The van der Waals surface area contributed by atoms with Gasteiger partial charge in [-0.3, -0.25) is 9.59 Å². The Bertz CT molecular complexity index is 1240. The van der Waals surface area contributed by atoms with Gasteiger partial charge >= 0.3 is 11.9 Å². The van der Waals surface area contributed by atoms with Crippen LogP contribution in [0.4, 0.5) is 0 Å².